The van der Waals surface area contributed by atoms with E-state index in [1.54, 1.807) is 12.1 Å². The molecule has 5 nitrogen and oxygen atoms in total. The number of carbonyl (C=O) groups excluding carboxylic acids is 2. The smallest absolute Gasteiger partial charge is 0.242 e. The Hall–Kier alpha value is -1.85. The van der Waals surface area contributed by atoms with Crippen LogP contribution in [0.1, 0.15) is 11.6 Å². The Morgan fingerprint density at radius 2 is 2.29 bits per heavy atom. The van der Waals surface area contributed by atoms with Crippen molar-refractivity contribution >= 4 is 23.4 Å². The summed E-state index contributed by atoms with van der Waals surface area (Å²) in [5.74, 6) is -0.271. The van der Waals surface area contributed by atoms with Gasteiger partial charge < -0.3 is 10.6 Å². The molecule has 1 atom stereocenters. The third-order valence-corrected chi connectivity index (χ3v) is 3.65. The summed E-state index contributed by atoms with van der Waals surface area (Å²) in [5, 5.41) is 6.06. The molecular weight excluding hydrogens is 290 g/mol. The van der Waals surface area contributed by atoms with E-state index >= 15 is 0 Å². The Morgan fingerprint density at radius 1 is 1.52 bits per heavy atom. The number of piperazine rings is 1. The average molecular weight is 308 g/mol. The fraction of sp³-hybridized carbons (Fsp3) is 0.333. The SMILES string of the molecule is C=CCNC(=O)CN1CCNC(=O)C1c1ccccc1Cl. The number of amides is 2. The molecule has 1 aromatic rings. The number of benzene rings is 1. The molecule has 1 unspecified atom stereocenters. The van der Waals surface area contributed by atoms with E-state index in [-0.39, 0.29) is 18.4 Å². The van der Waals surface area contributed by atoms with Gasteiger partial charge in [-0.25, -0.2) is 0 Å². The molecule has 0 aromatic heterocycles. The van der Waals surface area contributed by atoms with Crippen molar-refractivity contribution in [1.82, 2.24) is 15.5 Å². The minimum atomic E-state index is -0.540. The molecular formula is C15H18ClN3O2. The van der Waals surface area contributed by atoms with Gasteiger partial charge in [0.2, 0.25) is 11.8 Å². The second-order valence-electron chi connectivity index (χ2n) is 4.78. The lowest BCUT2D eigenvalue weighted by Gasteiger charge is -2.35. The van der Waals surface area contributed by atoms with Crippen molar-refractivity contribution in [3.63, 3.8) is 0 Å². The lowest BCUT2D eigenvalue weighted by molar-refractivity contribution is -0.131. The van der Waals surface area contributed by atoms with Gasteiger partial charge in [-0.1, -0.05) is 35.9 Å². The second kappa shape index (κ2) is 7.24. The monoisotopic (exact) mass is 307 g/mol. The van der Waals surface area contributed by atoms with Crippen LogP contribution in [0.4, 0.5) is 0 Å². The molecule has 1 aliphatic rings. The van der Waals surface area contributed by atoms with Crippen LogP contribution in [-0.2, 0) is 9.59 Å². The van der Waals surface area contributed by atoms with Gasteiger partial charge in [0.15, 0.2) is 0 Å². The Bertz CT molecular complexity index is 547. The fourth-order valence-corrected chi connectivity index (χ4v) is 2.58. The van der Waals surface area contributed by atoms with Gasteiger partial charge in [0.25, 0.3) is 0 Å². The van der Waals surface area contributed by atoms with E-state index in [9.17, 15) is 9.59 Å². The molecule has 6 heteroatoms. The molecule has 1 fully saturated rings. The van der Waals surface area contributed by atoms with Crippen molar-refractivity contribution < 1.29 is 9.59 Å². The molecule has 0 spiro atoms. The van der Waals surface area contributed by atoms with Crippen LogP contribution in [0.5, 0.6) is 0 Å². The van der Waals surface area contributed by atoms with Crippen molar-refractivity contribution in [1.29, 1.82) is 0 Å². The van der Waals surface area contributed by atoms with Crippen LogP contribution in [0, 0.1) is 0 Å². The number of halogens is 1. The van der Waals surface area contributed by atoms with Crippen molar-refractivity contribution in [3.05, 3.63) is 47.5 Å². The lowest BCUT2D eigenvalue weighted by Crippen LogP contribution is -2.52. The molecule has 21 heavy (non-hydrogen) atoms. The summed E-state index contributed by atoms with van der Waals surface area (Å²) in [6.07, 6.45) is 1.62. The van der Waals surface area contributed by atoms with Crippen LogP contribution in [0.15, 0.2) is 36.9 Å². The minimum absolute atomic E-state index is 0.133. The molecule has 1 saturated heterocycles. The van der Waals surface area contributed by atoms with Gasteiger partial charge >= 0.3 is 0 Å². The highest BCUT2D eigenvalue weighted by Gasteiger charge is 2.33. The van der Waals surface area contributed by atoms with E-state index < -0.39 is 6.04 Å². The molecule has 1 aromatic carbocycles. The van der Waals surface area contributed by atoms with E-state index in [1.165, 1.54) is 0 Å². The molecule has 1 aliphatic heterocycles. The number of hydrogen-bond acceptors (Lipinski definition) is 3. The number of nitrogens with zero attached hydrogens (tertiary/aromatic N) is 1. The maximum atomic E-state index is 12.2. The van der Waals surface area contributed by atoms with Crippen LogP contribution < -0.4 is 10.6 Å². The van der Waals surface area contributed by atoms with Crippen molar-refractivity contribution in [3.8, 4) is 0 Å². The van der Waals surface area contributed by atoms with Crippen LogP contribution in [-0.4, -0.2) is 42.9 Å². The molecule has 2 rings (SSSR count). The summed E-state index contributed by atoms with van der Waals surface area (Å²) >= 11 is 6.19. The predicted octanol–water partition coefficient (Wildman–Crippen LogP) is 1.12. The number of rotatable bonds is 5. The molecule has 2 amide bonds. The first kappa shape index (κ1) is 15.5. The lowest BCUT2D eigenvalue weighted by atomic mass is 10.0. The summed E-state index contributed by atoms with van der Waals surface area (Å²) in [5.41, 5.74) is 0.716. The number of hydrogen-bond donors (Lipinski definition) is 2. The summed E-state index contributed by atoms with van der Waals surface area (Å²) in [6, 6.07) is 6.66. The topological polar surface area (TPSA) is 61.4 Å². The summed E-state index contributed by atoms with van der Waals surface area (Å²) < 4.78 is 0. The highest BCUT2D eigenvalue weighted by Crippen LogP contribution is 2.28. The second-order valence-corrected chi connectivity index (χ2v) is 5.19. The summed E-state index contributed by atoms with van der Waals surface area (Å²) in [4.78, 5) is 25.9. The zero-order valence-corrected chi connectivity index (χ0v) is 12.4. The fourth-order valence-electron chi connectivity index (χ4n) is 2.35. The highest BCUT2D eigenvalue weighted by molar-refractivity contribution is 6.31. The molecule has 1 heterocycles. The van der Waals surface area contributed by atoms with E-state index in [1.807, 2.05) is 23.1 Å². The largest absolute Gasteiger partial charge is 0.353 e. The van der Waals surface area contributed by atoms with Crippen LogP contribution in [0.2, 0.25) is 5.02 Å². The number of nitrogens with one attached hydrogen (secondary N) is 2. The minimum Gasteiger partial charge on any atom is -0.353 e. The van der Waals surface area contributed by atoms with Gasteiger partial charge in [-0.15, -0.1) is 6.58 Å². The zero-order chi connectivity index (χ0) is 15.2. The molecule has 0 radical (unpaired) electrons. The van der Waals surface area contributed by atoms with Gasteiger partial charge in [0.05, 0.1) is 6.54 Å². The summed E-state index contributed by atoms with van der Waals surface area (Å²) in [7, 11) is 0. The quantitative estimate of drug-likeness (QED) is 0.801. The molecule has 0 aliphatic carbocycles. The molecule has 0 saturated carbocycles. The molecule has 0 bridgehead atoms. The van der Waals surface area contributed by atoms with Crippen LogP contribution in [0.25, 0.3) is 0 Å². The van der Waals surface area contributed by atoms with E-state index in [2.05, 4.69) is 17.2 Å². The van der Waals surface area contributed by atoms with E-state index in [4.69, 9.17) is 11.6 Å². The summed E-state index contributed by atoms with van der Waals surface area (Å²) in [6.45, 7) is 5.24. The first-order chi connectivity index (χ1) is 10.1. The Morgan fingerprint density at radius 3 is 3.00 bits per heavy atom. The average Bonchev–Trinajstić information content (AvgIpc) is 2.47. The van der Waals surface area contributed by atoms with Gasteiger partial charge in [0, 0.05) is 24.7 Å². The first-order valence-corrected chi connectivity index (χ1v) is 7.15. The first-order valence-electron chi connectivity index (χ1n) is 6.77. The normalized spacial score (nSPS) is 18.9. The standard InChI is InChI=1S/C15H18ClN3O2/c1-2-7-17-13(20)10-19-9-8-18-15(21)14(19)11-5-3-4-6-12(11)16/h2-6,14H,1,7-10H2,(H,17,20)(H,18,21). The Balaban J connectivity index is 2.18. The molecule has 2 N–H and O–H groups in total. The van der Waals surface area contributed by atoms with Gasteiger partial charge in [-0.3, -0.25) is 14.5 Å². The van der Waals surface area contributed by atoms with Crippen LogP contribution in [0.3, 0.4) is 0 Å². The Kier molecular flexibility index (Phi) is 5.36. The van der Waals surface area contributed by atoms with E-state index in [0.717, 1.165) is 0 Å². The third-order valence-electron chi connectivity index (χ3n) is 3.30. The molecule has 112 valence electrons. The van der Waals surface area contributed by atoms with Gasteiger partial charge in [-0.05, 0) is 11.6 Å². The third kappa shape index (κ3) is 3.83. The zero-order valence-electron chi connectivity index (χ0n) is 11.6. The van der Waals surface area contributed by atoms with Crippen molar-refractivity contribution in [2.24, 2.45) is 0 Å². The van der Waals surface area contributed by atoms with Crippen LogP contribution >= 0.6 is 11.6 Å². The van der Waals surface area contributed by atoms with E-state index in [0.29, 0.717) is 30.2 Å². The van der Waals surface area contributed by atoms with Gasteiger partial charge in [-0.2, -0.15) is 0 Å². The Labute approximate surface area is 129 Å². The maximum Gasteiger partial charge on any atom is 0.242 e. The van der Waals surface area contributed by atoms with Crippen molar-refractivity contribution in [2.75, 3.05) is 26.2 Å². The highest BCUT2D eigenvalue weighted by atomic mass is 35.5. The predicted molar refractivity (Wildman–Crippen MR) is 82.0 cm³/mol. The number of carbonyl (C=O) groups is 2. The maximum absolute atomic E-state index is 12.2. The van der Waals surface area contributed by atoms with Crippen molar-refractivity contribution in [2.45, 2.75) is 6.04 Å². The van der Waals surface area contributed by atoms with Gasteiger partial charge in [0.1, 0.15) is 6.04 Å².